The number of pyridine rings is 1. The molecule has 1 amide bonds. The van der Waals surface area contributed by atoms with Crippen molar-refractivity contribution < 1.29 is 27.3 Å². The Labute approximate surface area is 280 Å². The van der Waals surface area contributed by atoms with E-state index in [-0.39, 0.29) is 16.3 Å². The van der Waals surface area contributed by atoms with Gasteiger partial charge >= 0.3 is 0 Å². The summed E-state index contributed by atoms with van der Waals surface area (Å²) >= 11 is 3.52. The van der Waals surface area contributed by atoms with E-state index < -0.39 is 10.1 Å². The fraction of sp³-hybridized carbons (Fsp3) is 0.441. The van der Waals surface area contributed by atoms with Crippen LogP contribution in [0.15, 0.2) is 81.4 Å². The molecule has 46 heavy (non-hydrogen) atoms. The molecule has 3 heterocycles. The number of nitrogens with zero attached hydrogens (tertiary/aromatic N) is 4. The monoisotopic (exact) mass is 716 g/mol. The molecule has 12 heteroatoms. The molecule has 2 aliphatic heterocycles. The molecule has 2 saturated heterocycles. The highest BCUT2D eigenvalue weighted by atomic mass is 79.9. The van der Waals surface area contributed by atoms with Gasteiger partial charge in [0.1, 0.15) is 12.2 Å². The number of likely N-dealkylation sites (tertiary alicyclic amines) is 2. The van der Waals surface area contributed by atoms with E-state index in [9.17, 15) is 18.4 Å². The van der Waals surface area contributed by atoms with Crippen molar-refractivity contribution in [1.29, 1.82) is 0 Å². The second-order valence-electron chi connectivity index (χ2n) is 12.0. The number of carbonyl (C=O) groups excluding carboxylic acids is 1. The molecule has 1 atom stereocenters. The molecule has 0 aliphatic carbocycles. The lowest BCUT2D eigenvalue weighted by Crippen LogP contribution is -2.57. The van der Waals surface area contributed by atoms with Crippen LogP contribution in [0.5, 0.6) is 0 Å². The minimum atomic E-state index is -4.00. The lowest BCUT2D eigenvalue weighted by atomic mass is 9.84. The average Bonchev–Trinajstić information content (AvgIpc) is 3.05. The van der Waals surface area contributed by atoms with Gasteiger partial charge in [-0.1, -0.05) is 51.4 Å². The summed E-state index contributed by atoms with van der Waals surface area (Å²) in [6, 6.07) is 17.5. The molecular formula is C34H43BrN4O6S. The van der Waals surface area contributed by atoms with Crippen LogP contribution in [-0.2, 0) is 15.0 Å². The quantitative estimate of drug-likeness (QED) is 0.108. The van der Waals surface area contributed by atoms with Crippen LogP contribution >= 0.6 is 15.9 Å². The van der Waals surface area contributed by atoms with E-state index in [1.165, 1.54) is 18.3 Å². The third kappa shape index (κ3) is 8.72. The number of benzene rings is 2. The van der Waals surface area contributed by atoms with Gasteiger partial charge in [-0.25, -0.2) is 0 Å². The first-order valence-electron chi connectivity index (χ1n) is 15.6. The van der Waals surface area contributed by atoms with Crippen molar-refractivity contribution >= 4 is 37.7 Å². The van der Waals surface area contributed by atoms with E-state index >= 15 is 0 Å². The van der Waals surface area contributed by atoms with Crippen LogP contribution in [-0.4, -0.2) is 72.7 Å². The number of hydrogen-bond donors (Lipinski definition) is 1. The Morgan fingerprint density at radius 3 is 2.30 bits per heavy atom. The molecule has 1 unspecified atom stereocenters. The van der Waals surface area contributed by atoms with Gasteiger partial charge in [-0.2, -0.15) is 13.1 Å². The number of carbonyl (C=O) groups is 1. The normalized spacial score (nSPS) is 19.7. The average molecular weight is 718 g/mol. The number of aryl methyl sites for hydroxylation is 1. The standard InChI is InChI=1S/C28H37BrN4O3.C6H6O3S/c1-5-36-30-26(22-6-8-24(29)9-7-22)23-11-15-32(16-12-23)28(4)13-18-31(19-14-28)27(34)25-20(2)10-17-33(35)21(25)3;7-10(8,9)6-4-2-1-3-5-6/h6-10,17,23H,5,11-16,18-19H2,1-4H3;1-5H,(H,7,8,9)/b30-26+;/i18+2;. The number of hydrogen-bond acceptors (Lipinski definition) is 7. The Morgan fingerprint density at radius 1 is 1.11 bits per heavy atom. The lowest BCUT2D eigenvalue weighted by molar-refractivity contribution is -0.612. The fourth-order valence-corrected chi connectivity index (χ4v) is 6.93. The summed E-state index contributed by atoms with van der Waals surface area (Å²) in [5.74, 6) is 0.337. The number of halogens is 1. The molecule has 2 aliphatic rings. The van der Waals surface area contributed by atoms with E-state index in [2.05, 4.69) is 57.2 Å². The molecule has 0 saturated carbocycles. The third-order valence-corrected chi connectivity index (χ3v) is 10.4. The summed E-state index contributed by atoms with van der Waals surface area (Å²) < 4.78 is 31.1. The van der Waals surface area contributed by atoms with Gasteiger partial charge in [0.15, 0.2) is 6.20 Å². The first-order valence-corrected chi connectivity index (χ1v) is 17.8. The Balaban J connectivity index is 0.000000409. The molecule has 10 nitrogen and oxygen atoms in total. The minimum absolute atomic E-state index is 0.0257. The summed E-state index contributed by atoms with van der Waals surface area (Å²) in [6.07, 6.45) is 5.40. The summed E-state index contributed by atoms with van der Waals surface area (Å²) in [4.78, 5) is 23.2. The zero-order chi connectivity index (χ0) is 33.5. The molecule has 248 valence electrons. The third-order valence-electron chi connectivity index (χ3n) is 9.01. The summed E-state index contributed by atoms with van der Waals surface area (Å²) in [5, 5.41) is 16.6. The van der Waals surface area contributed by atoms with Crippen molar-refractivity contribution in [1.82, 2.24) is 9.80 Å². The Morgan fingerprint density at radius 2 is 1.76 bits per heavy atom. The topological polar surface area (TPSA) is 126 Å². The van der Waals surface area contributed by atoms with Crippen molar-refractivity contribution in [3.63, 3.8) is 0 Å². The lowest BCUT2D eigenvalue weighted by Gasteiger charge is -2.49. The molecule has 2 aromatic carbocycles. The minimum Gasteiger partial charge on any atom is -0.618 e. The van der Waals surface area contributed by atoms with Crippen LogP contribution in [0.2, 0.25) is 0 Å². The summed E-state index contributed by atoms with van der Waals surface area (Å²) in [6.45, 7) is 11.9. The number of rotatable bonds is 7. The van der Waals surface area contributed by atoms with E-state index in [0.717, 1.165) is 64.8 Å². The largest absolute Gasteiger partial charge is 0.618 e. The summed E-state index contributed by atoms with van der Waals surface area (Å²) in [5.41, 5.74) is 4.11. The van der Waals surface area contributed by atoms with Gasteiger partial charge in [0.2, 0.25) is 5.69 Å². The predicted molar refractivity (Wildman–Crippen MR) is 181 cm³/mol. The Hall–Kier alpha value is -3.32. The zero-order valence-corrected chi connectivity index (χ0v) is 29.3. The number of oxime groups is 1. The van der Waals surface area contributed by atoms with Gasteiger partial charge in [0, 0.05) is 42.0 Å². The SMILES string of the molecule is CCO/N=C(\c1ccc(Br)cc1)C1CCN(C2(C)CCN(C(=O)c3c(C)cc[n+]([O-])c3C)[14CH2]C2)CC1.O=S(=O)(O)c1ccccc1. The van der Waals surface area contributed by atoms with Crippen LogP contribution in [0.3, 0.4) is 0 Å². The van der Waals surface area contributed by atoms with Crippen molar-refractivity contribution in [2.45, 2.75) is 63.8 Å². The Bertz CT molecular complexity index is 1620. The maximum atomic E-state index is 13.3. The fourth-order valence-electron chi connectivity index (χ4n) is 6.16. The molecule has 0 bridgehead atoms. The van der Waals surface area contributed by atoms with Crippen molar-refractivity contribution in [2.24, 2.45) is 11.1 Å². The maximum Gasteiger partial charge on any atom is 0.294 e. The molecule has 1 aromatic heterocycles. The van der Waals surface area contributed by atoms with Crippen LogP contribution in [0.1, 0.15) is 66.7 Å². The van der Waals surface area contributed by atoms with Gasteiger partial charge in [-0.05, 0) is 94.9 Å². The van der Waals surface area contributed by atoms with Crippen molar-refractivity contribution in [3.05, 3.63) is 98.9 Å². The van der Waals surface area contributed by atoms with Gasteiger partial charge in [0.25, 0.3) is 16.0 Å². The zero-order valence-electron chi connectivity index (χ0n) is 26.9. The van der Waals surface area contributed by atoms with Gasteiger partial charge in [-0.3, -0.25) is 14.2 Å². The van der Waals surface area contributed by atoms with E-state index in [1.807, 2.05) is 18.7 Å². The molecular weight excluding hydrogens is 674 g/mol. The van der Waals surface area contributed by atoms with E-state index in [0.29, 0.717) is 36.9 Å². The van der Waals surface area contributed by atoms with Crippen molar-refractivity contribution in [2.75, 3.05) is 32.8 Å². The molecule has 5 rings (SSSR count). The predicted octanol–water partition coefficient (Wildman–Crippen LogP) is 5.78. The van der Waals surface area contributed by atoms with Crippen LogP contribution in [0.25, 0.3) is 0 Å². The Kier molecular flexibility index (Phi) is 12.0. The summed E-state index contributed by atoms with van der Waals surface area (Å²) in [7, 11) is -4.00. The first-order chi connectivity index (χ1) is 21.8. The van der Waals surface area contributed by atoms with Crippen LogP contribution in [0, 0.1) is 25.0 Å². The highest BCUT2D eigenvalue weighted by Crippen LogP contribution is 2.34. The highest BCUT2D eigenvalue weighted by Gasteiger charge is 2.40. The second-order valence-corrected chi connectivity index (χ2v) is 14.4. The number of piperidine rings is 2. The second kappa shape index (κ2) is 15.5. The number of amides is 1. The molecule has 0 spiro atoms. The number of aromatic nitrogens is 1. The van der Waals surface area contributed by atoms with Crippen LogP contribution < -0.4 is 4.73 Å². The maximum absolute atomic E-state index is 13.3. The van der Waals surface area contributed by atoms with Crippen molar-refractivity contribution in [3.8, 4) is 0 Å². The van der Waals surface area contributed by atoms with Gasteiger partial charge in [0.05, 0.1) is 10.6 Å². The van der Waals surface area contributed by atoms with Gasteiger partial charge < -0.3 is 14.9 Å². The van der Waals surface area contributed by atoms with Crippen LogP contribution in [0.4, 0.5) is 0 Å². The first kappa shape index (κ1) is 35.5. The highest BCUT2D eigenvalue weighted by molar-refractivity contribution is 9.10. The molecule has 3 aromatic rings. The van der Waals surface area contributed by atoms with E-state index in [4.69, 9.17) is 9.39 Å². The molecule has 0 radical (unpaired) electrons. The molecule has 2 fully saturated rings. The van der Waals surface area contributed by atoms with E-state index in [1.54, 1.807) is 31.2 Å². The molecule has 1 N–H and O–H groups in total. The van der Waals surface area contributed by atoms with Gasteiger partial charge in [-0.15, -0.1) is 0 Å². The smallest absolute Gasteiger partial charge is 0.294 e.